The second-order valence-corrected chi connectivity index (χ2v) is 3.90. The molecule has 0 unspecified atom stereocenters. The standard InChI is InChI=1S/C11H11BrN4O2/c1-2-18-10(17)8-7-16(15-9(8)6-12)11-13-4-3-5-14-11/h3-5,7H,2,6H2,1H3. The van der Waals surface area contributed by atoms with Crippen molar-refractivity contribution in [2.45, 2.75) is 12.3 Å². The molecule has 0 aromatic carbocycles. The van der Waals surface area contributed by atoms with Crippen LogP contribution in [0.25, 0.3) is 5.95 Å². The molecule has 0 aliphatic rings. The van der Waals surface area contributed by atoms with Crippen molar-refractivity contribution >= 4 is 21.9 Å². The van der Waals surface area contributed by atoms with Crippen LogP contribution in [0, 0.1) is 0 Å². The summed E-state index contributed by atoms with van der Waals surface area (Å²) >= 11 is 3.29. The van der Waals surface area contributed by atoms with Crippen molar-refractivity contribution in [2.75, 3.05) is 6.61 Å². The first kappa shape index (κ1) is 12.7. The molecular weight excluding hydrogens is 300 g/mol. The van der Waals surface area contributed by atoms with E-state index >= 15 is 0 Å². The smallest absolute Gasteiger partial charge is 0.341 e. The van der Waals surface area contributed by atoms with E-state index < -0.39 is 5.97 Å². The Morgan fingerprint density at radius 3 is 2.78 bits per heavy atom. The molecule has 0 amide bonds. The summed E-state index contributed by atoms with van der Waals surface area (Å²) < 4.78 is 6.43. The van der Waals surface area contributed by atoms with Gasteiger partial charge in [-0.25, -0.2) is 19.4 Å². The monoisotopic (exact) mass is 310 g/mol. The van der Waals surface area contributed by atoms with Gasteiger partial charge in [0.15, 0.2) is 0 Å². The van der Waals surface area contributed by atoms with Crippen LogP contribution in [0.5, 0.6) is 0 Å². The summed E-state index contributed by atoms with van der Waals surface area (Å²) in [5, 5.41) is 4.71. The van der Waals surface area contributed by atoms with Crippen LogP contribution >= 0.6 is 15.9 Å². The quantitative estimate of drug-likeness (QED) is 0.635. The molecule has 0 aliphatic heterocycles. The second-order valence-electron chi connectivity index (χ2n) is 3.34. The lowest BCUT2D eigenvalue weighted by molar-refractivity contribution is 0.0525. The number of nitrogens with zero attached hydrogens (tertiary/aromatic N) is 4. The van der Waals surface area contributed by atoms with Gasteiger partial charge in [-0.3, -0.25) is 0 Å². The first-order chi connectivity index (χ1) is 8.76. The molecule has 0 saturated heterocycles. The van der Waals surface area contributed by atoms with Gasteiger partial charge >= 0.3 is 5.97 Å². The van der Waals surface area contributed by atoms with Crippen molar-refractivity contribution in [1.82, 2.24) is 19.7 Å². The Morgan fingerprint density at radius 2 is 2.17 bits per heavy atom. The first-order valence-electron chi connectivity index (χ1n) is 5.35. The topological polar surface area (TPSA) is 69.9 Å². The number of aromatic nitrogens is 4. The van der Waals surface area contributed by atoms with Gasteiger partial charge in [0.25, 0.3) is 0 Å². The van der Waals surface area contributed by atoms with Gasteiger partial charge in [0, 0.05) is 23.9 Å². The normalized spacial score (nSPS) is 10.3. The molecular formula is C11H11BrN4O2. The minimum Gasteiger partial charge on any atom is -0.462 e. The van der Waals surface area contributed by atoms with Crippen LogP contribution in [0.3, 0.4) is 0 Å². The van der Waals surface area contributed by atoms with Crippen molar-refractivity contribution in [3.8, 4) is 5.95 Å². The van der Waals surface area contributed by atoms with Crippen molar-refractivity contribution in [2.24, 2.45) is 0 Å². The fourth-order valence-electron chi connectivity index (χ4n) is 1.40. The highest BCUT2D eigenvalue weighted by molar-refractivity contribution is 9.08. The lowest BCUT2D eigenvalue weighted by Gasteiger charge is -1.98. The first-order valence-corrected chi connectivity index (χ1v) is 6.47. The van der Waals surface area contributed by atoms with Gasteiger partial charge in [-0.1, -0.05) is 15.9 Å². The number of rotatable bonds is 4. The number of halogens is 1. The van der Waals surface area contributed by atoms with Crippen LogP contribution in [0.1, 0.15) is 23.0 Å². The molecule has 0 spiro atoms. The highest BCUT2D eigenvalue weighted by Gasteiger charge is 2.17. The summed E-state index contributed by atoms with van der Waals surface area (Å²) in [6.45, 7) is 2.09. The summed E-state index contributed by atoms with van der Waals surface area (Å²) in [4.78, 5) is 19.9. The van der Waals surface area contributed by atoms with Gasteiger partial charge < -0.3 is 4.74 Å². The minimum atomic E-state index is -0.394. The fourth-order valence-corrected chi connectivity index (χ4v) is 1.81. The summed E-state index contributed by atoms with van der Waals surface area (Å²) in [6.07, 6.45) is 4.80. The number of alkyl halides is 1. The fraction of sp³-hybridized carbons (Fsp3) is 0.273. The Morgan fingerprint density at radius 1 is 1.44 bits per heavy atom. The molecule has 2 rings (SSSR count). The summed E-state index contributed by atoms with van der Waals surface area (Å²) in [6, 6.07) is 1.71. The Balaban J connectivity index is 2.38. The van der Waals surface area contributed by atoms with Crippen LogP contribution in [0.2, 0.25) is 0 Å². The molecule has 0 atom stereocenters. The van der Waals surface area contributed by atoms with Crippen molar-refractivity contribution in [3.63, 3.8) is 0 Å². The predicted molar refractivity (Wildman–Crippen MR) is 67.7 cm³/mol. The molecule has 94 valence electrons. The number of hydrogen-bond acceptors (Lipinski definition) is 5. The highest BCUT2D eigenvalue weighted by Crippen LogP contribution is 2.14. The molecule has 0 fully saturated rings. The highest BCUT2D eigenvalue weighted by atomic mass is 79.9. The van der Waals surface area contributed by atoms with E-state index in [0.29, 0.717) is 29.1 Å². The number of ether oxygens (including phenoxy) is 1. The van der Waals surface area contributed by atoms with E-state index in [0.717, 1.165) is 0 Å². The Labute approximate surface area is 112 Å². The van der Waals surface area contributed by atoms with E-state index in [9.17, 15) is 4.79 Å². The molecule has 2 aromatic rings. The van der Waals surface area contributed by atoms with Crippen LogP contribution in [0.4, 0.5) is 0 Å². The minimum absolute atomic E-state index is 0.327. The van der Waals surface area contributed by atoms with Gasteiger partial charge in [0.1, 0.15) is 5.56 Å². The maximum Gasteiger partial charge on any atom is 0.341 e. The van der Waals surface area contributed by atoms with Crippen molar-refractivity contribution < 1.29 is 9.53 Å². The molecule has 0 bridgehead atoms. The van der Waals surface area contributed by atoms with E-state index in [-0.39, 0.29) is 0 Å². The number of carbonyl (C=O) groups excluding carboxylic acids is 1. The van der Waals surface area contributed by atoms with Crippen LogP contribution in [-0.2, 0) is 10.1 Å². The van der Waals surface area contributed by atoms with E-state index in [1.807, 2.05) is 0 Å². The van der Waals surface area contributed by atoms with E-state index in [4.69, 9.17) is 4.74 Å². The maximum atomic E-state index is 11.7. The Hall–Kier alpha value is -1.76. The van der Waals surface area contributed by atoms with Gasteiger partial charge in [-0.15, -0.1) is 0 Å². The number of hydrogen-bond donors (Lipinski definition) is 0. The van der Waals surface area contributed by atoms with E-state index in [2.05, 4.69) is 31.0 Å². The predicted octanol–water partition coefficient (Wildman–Crippen LogP) is 1.73. The lowest BCUT2D eigenvalue weighted by Crippen LogP contribution is -2.05. The Kier molecular flexibility index (Phi) is 4.03. The molecule has 2 heterocycles. The van der Waals surface area contributed by atoms with Crippen molar-refractivity contribution in [3.05, 3.63) is 35.9 Å². The SMILES string of the molecule is CCOC(=O)c1cn(-c2ncccn2)nc1CBr. The summed E-state index contributed by atoms with van der Waals surface area (Å²) in [5.74, 6) is 0.0179. The van der Waals surface area contributed by atoms with Gasteiger partial charge in [0.05, 0.1) is 12.3 Å². The largest absolute Gasteiger partial charge is 0.462 e. The Bertz CT molecular complexity index is 541. The number of esters is 1. The van der Waals surface area contributed by atoms with Crippen molar-refractivity contribution in [1.29, 1.82) is 0 Å². The average molecular weight is 311 g/mol. The summed E-state index contributed by atoms with van der Waals surface area (Å²) in [7, 11) is 0. The van der Waals surface area contributed by atoms with Crippen LogP contribution in [0.15, 0.2) is 24.7 Å². The third-order valence-electron chi connectivity index (χ3n) is 2.17. The molecule has 18 heavy (non-hydrogen) atoms. The van der Waals surface area contributed by atoms with Gasteiger partial charge in [-0.2, -0.15) is 5.10 Å². The average Bonchev–Trinajstić information content (AvgIpc) is 2.84. The maximum absolute atomic E-state index is 11.7. The van der Waals surface area contributed by atoms with Gasteiger partial charge in [-0.05, 0) is 13.0 Å². The van der Waals surface area contributed by atoms with E-state index in [1.165, 1.54) is 4.68 Å². The molecule has 0 aliphatic carbocycles. The van der Waals surface area contributed by atoms with Gasteiger partial charge in [0.2, 0.25) is 5.95 Å². The zero-order chi connectivity index (χ0) is 13.0. The molecule has 7 heteroatoms. The molecule has 0 saturated carbocycles. The molecule has 2 aromatic heterocycles. The third kappa shape index (κ3) is 2.56. The third-order valence-corrected chi connectivity index (χ3v) is 2.70. The second kappa shape index (κ2) is 5.72. The molecule has 6 nitrogen and oxygen atoms in total. The molecule has 0 radical (unpaired) electrons. The van der Waals surface area contributed by atoms with E-state index in [1.54, 1.807) is 31.6 Å². The zero-order valence-corrected chi connectivity index (χ0v) is 11.3. The lowest BCUT2D eigenvalue weighted by atomic mass is 10.3. The number of carbonyl (C=O) groups is 1. The van der Waals surface area contributed by atoms with Crippen LogP contribution < -0.4 is 0 Å². The summed E-state index contributed by atoms with van der Waals surface area (Å²) in [5.41, 5.74) is 1.02. The zero-order valence-electron chi connectivity index (χ0n) is 9.71. The molecule has 0 N–H and O–H groups in total. The van der Waals surface area contributed by atoms with Crippen LogP contribution in [-0.4, -0.2) is 32.3 Å².